The largest absolute Gasteiger partial charge is 0.368 e. The number of nitrogens with zero attached hydrogens (tertiary/aromatic N) is 1. The number of hydrogen-bond acceptors (Lipinski definition) is 4. The number of thioether (sulfide) groups is 1. The van der Waals surface area contributed by atoms with Crippen LogP contribution in [0.3, 0.4) is 0 Å². The second kappa shape index (κ2) is 8.33. The average Bonchev–Trinajstić information content (AvgIpc) is 3.04. The SMILES string of the molecule is NC(=O)[C@@H](NCc1ccccc1)[C@@H]1CSCN1Cc1ccccc1. The predicted octanol–water partition coefficient (Wildman–Crippen LogP) is 2.21. The summed E-state index contributed by atoms with van der Waals surface area (Å²) in [5, 5.41) is 3.36. The van der Waals surface area contributed by atoms with E-state index >= 15 is 0 Å². The van der Waals surface area contributed by atoms with Gasteiger partial charge in [-0.25, -0.2) is 0 Å². The van der Waals surface area contributed by atoms with Gasteiger partial charge in [-0.1, -0.05) is 60.7 Å². The van der Waals surface area contributed by atoms with Gasteiger partial charge >= 0.3 is 0 Å². The smallest absolute Gasteiger partial charge is 0.236 e. The van der Waals surface area contributed by atoms with Gasteiger partial charge in [0.05, 0.1) is 0 Å². The Hall–Kier alpha value is -1.82. The average molecular weight is 341 g/mol. The molecular weight excluding hydrogens is 318 g/mol. The fourth-order valence-corrected chi connectivity index (χ4v) is 4.30. The lowest BCUT2D eigenvalue weighted by Gasteiger charge is -2.30. The van der Waals surface area contributed by atoms with E-state index in [0.29, 0.717) is 6.54 Å². The van der Waals surface area contributed by atoms with Crippen LogP contribution in [0.15, 0.2) is 60.7 Å². The Bertz CT molecular complexity index is 650. The van der Waals surface area contributed by atoms with E-state index in [2.05, 4.69) is 34.5 Å². The summed E-state index contributed by atoms with van der Waals surface area (Å²) >= 11 is 1.86. The molecule has 1 saturated heterocycles. The summed E-state index contributed by atoms with van der Waals surface area (Å²) in [5.41, 5.74) is 8.12. The first-order valence-electron chi connectivity index (χ1n) is 8.16. The van der Waals surface area contributed by atoms with E-state index in [1.807, 2.05) is 48.2 Å². The third-order valence-corrected chi connectivity index (χ3v) is 5.39. The van der Waals surface area contributed by atoms with Crippen molar-refractivity contribution < 1.29 is 4.79 Å². The molecule has 1 fully saturated rings. The van der Waals surface area contributed by atoms with E-state index < -0.39 is 0 Å². The Morgan fingerprint density at radius 3 is 2.38 bits per heavy atom. The predicted molar refractivity (Wildman–Crippen MR) is 99.4 cm³/mol. The van der Waals surface area contributed by atoms with E-state index in [9.17, 15) is 4.79 Å². The Morgan fingerprint density at radius 1 is 1.12 bits per heavy atom. The Kier molecular flexibility index (Phi) is 5.91. The van der Waals surface area contributed by atoms with Crippen LogP contribution in [0.1, 0.15) is 11.1 Å². The van der Waals surface area contributed by atoms with Gasteiger partial charge in [0.25, 0.3) is 0 Å². The zero-order valence-electron chi connectivity index (χ0n) is 13.6. The lowest BCUT2D eigenvalue weighted by Crippen LogP contribution is -2.54. The summed E-state index contributed by atoms with van der Waals surface area (Å²) in [7, 11) is 0. The third kappa shape index (κ3) is 4.38. The maximum Gasteiger partial charge on any atom is 0.236 e. The minimum atomic E-state index is -0.344. The molecule has 1 aliphatic heterocycles. The van der Waals surface area contributed by atoms with Crippen molar-refractivity contribution >= 4 is 17.7 Å². The van der Waals surface area contributed by atoms with Gasteiger partial charge in [0.2, 0.25) is 5.91 Å². The maximum absolute atomic E-state index is 12.0. The van der Waals surface area contributed by atoms with E-state index in [1.54, 1.807) is 0 Å². The van der Waals surface area contributed by atoms with Crippen molar-refractivity contribution in [1.29, 1.82) is 0 Å². The fraction of sp³-hybridized carbons (Fsp3) is 0.316. The van der Waals surface area contributed by atoms with Gasteiger partial charge in [-0.05, 0) is 11.1 Å². The Labute approximate surface area is 147 Å². The second-order valence-electron chi connectivity index (χ2n) is 6.05. The van der Waals surface area contributed by atoms with Crippen LogP contribution in [0.5, 0.6) is 0 Å². The van der Waals surface area contributed by atoms with Gasteiger partial charge in [-0.15, -0.1) is 11.8 Å². The molecule has 2 aromatic carbocycles. The third-order valence-electron chi connectivity index (χ3n) is 4.30. The number of amides is 1. The molecule has 1 aliphatic rings. The number of primary amides is 1. The van der Waals surface area contributed by atoms with Crippen LogP contribution in [-0.4, -0.2) is 34.5 Å². The second-order valence-corrected chi connectivity index (χ2v) is 7.05. The van der Waals surface area contributed by atoms with Gasteiger partial charge in [0, 0.05) is 30.8 Å². The standard InChI is InChI=1S/C19H23N3OS/c20-19(23)18(21-11-15-7-3-1-4-8-15)17-13-24-14-22(17)12-16-9-5-2-6-10-16/h1-10,17-18,21H,11-14H2,(H2,20,23)/t17-,18-/m0/s1. The summed E-state index contributed by atoms with van der Waals surface area (Å²) in [6.45, 7) is 1.49. The molecule has 0 aliphatic carbocycles. The van der Waals surface area contributed by atoms with Crippen LogP contribution in [-0.2, 0) is 17.9 Å². The number of nitrogens with two attached hydrogens (primary N) is 1. The molecule has 126 valence electrons. The molecule has 5 heteroatoms. The van der Waals surface area contributed by atoms with E-state index in [-0.39, 0.29) is 18.0 Å². The lowest BCUT2D eigenvalue weighted by molar-refractivity contribution is -0.121. The molecule has 2 aromatic rings. The highest BCUT2D eigenvalue weighted by molar-refractivity contribution is 7.99. The van der Waals surface area contributed by atoms with Crippen LogP contribution in [0.4, 0.5) is 0 Å². The first-order chi connectivity index (χ1) is 11.7. The van der Waals surface area contributed by atoms with Gasteiger partial charge in [0.15, 0.2) is 0 Å². The summed E-state index contributed by atoms with van der Waals surface area (Å²) in [6, 6.07) is 20.2. The molecule has 3 N–H and O–H groups in total. The van der Waals surface area contributed by atoms with Crippen LogP contribution in [0.2, 0.25) is 0 Å². The maximum atomic E-state index is 12.0. The van der Waals surface area contributed by atoms with E-state index in [0.717, 1.165) is 23.7 Å². The van der Waals surface area contributed by atoms with E-state index in [4.69, 9.17) is 5.73 Å². The molecular formula is C19H23N3OS. The van der Waals surface area contributed by atoms with Crippen molar-refractivity contribution in [3.63, 3.8) is 0 Å². The Balaban J connectivity index is 1.66. The number of hydrogen-bond donors (Lipinski definition) is 2. The van der Waals surface area contributed by atoms with Crippen LogP contribution in [0, 0.1) is 0 Å². The zero-order valence-corrected chi connectivity index (χ0v) is 14.4. The van der Waals surface area contributed by atoms with Gasteiger partial charge in [-0.3, -0.25) is 9.69 Å². The number of benzene rings is 2. The first kappa shape index (κ1) is 17.0. The highest BCUT2D eigenvalue weighted by Gasteiger charge is 2.35. The van der Waals surface area contributed by atoms with Crippen molar-refractivity contribution in [2.24, 2.45) is 5.73 Å². The zero-order chi connectivity index (χ0) is 16.8. The van der Waals surface area contributed by atoms with Crippen molar-refractivity contribution in [1.82, 2.24) is 10.2 Å². The number of nitrogens with one attached hydrogen (secondary N) is 1. The molecule has 0 aromatic heterocycles. The number of carbonyl (C=O) groups excluding carboxylic acids is 1. The molecule has 1 heterocycles. The van der Waals surface area contributed by atoms with Gasteiger partial charge in [0.1, 0.15) is 6.04 Å². The highest BCUT2D eigenvalue weighted by atomic mass is 32.2. The molecule has 0 spiro atoms. The molecule has 0 unspecified atom stereocenters. The van der Waals surface area contributed by atoms with Crippen LogP contribution >= 0.6 is 11.8 Å². The summed E-state index contributed by atoms with van der Waals surface area (Å²) < 4.78 is 0. The number of carbonyl (C=O) groups is 1. The first-order valence-corrected chi connectivity index (χ1v) is 9.32. The summed E-state index contributed by atoms with van der Waals surface area (Å²) in [5.74, 6) is 1.56. The molecule has 4 nitrogen and oxygen atoms in total. The minimum Gasteiger partial charge on any atom is -0.368 e. The molecule has 0 saturated carbocycles. The molecule has 0 radical (unpaired) electrons. The summed E-state index contributed by atoms with van der Waals surface area (Å²) in [4.78, 5) is 14.4. The minimum absolute atomic E-state index is 0.122. The van der Waals surface area contributed by atoms with Crippen molar-refractivity contribution in [2.75, 3.05) is 11.6 Å². The summed E-state index contributed by atoms with van der Waals surface area (Å²) in [6.07, 6.45) is 0. The van der Waals surface area contributed by atoms with Crippen molar-refractivity contribution in [3.05, 3.63) is 71.8 Å². The fourth-order valence-electron chi connectivity index (χ4n) is 3.03. The van der Waals surface area contributed by atoms with Crippen molar-refractivity contribution in [3.8, 4) is 0 Å². The van der Waals surface area contributed by atoms with Crippen LogP contribution in [0.25, 0.3) is 0 Å². The highest BCUT2D eigenvalue weighted by Crippen LogP contribution is 2.25. The lowest BCUT2D eigenvalue weighted by atomic mass is 10.1. The van der Waals surface area contributed by atoms with E-state index in [1.165, 1.54) is 5.56 Å². The topological polar surface area (TPSA) is 58.4 Å². The van der Waals surface area contributed by atoms with Gasteiger partial charge in [-0.2, -0.15) is 0 Å². The molecule has 2 atom stereocenters. The Morgan fingerprint density at radius 2 is 1.75 bits per heavy atom. The molecule has 0 bridgehead atoms. The quantitative estimate of drug-likeness (QED) is 0.811. The van der Waals surface area contributed by atoms with Crippen molar-refractivity contribution in [2.45, 2.75) is 25.2 Å². The molecule has 1 amide bonds. The molecule has 3 rings (SSSR count). The number of rotatable bonds is 7. The molecule has 24 heavy (non-hydrogen) atoms. The normalized spacial score (nSPS) is 19.2. The van der Waals surface area contributed by atoms with Crippen LogP contribution < -0.4 is 11.1 Å². The monoisotopic (exact) mass is 341 g/mol. The van der Waals surface area contributed by atoms with Gasteiger partial charge < -0.3 is 11.1 Å².